The van der Waals surface area contributed by atoms with Crippen molar-refractivity contribution in [1.82, 2.24) is 10.6 Å². The predicted molar refractivity (Wildman–Crippen MR) is 132 cm³/mol. The molecule has 0 aliphatic rings. The number of hydrogen-bond acceptors (Lipinski definition) is 7. The Hall–Kier alpha value is -2.45. The number of aliphatic hydroxyl groups excluding tert-OH is 3. The van der Waals surface area contributed by atoms with E-state index < -0.39 is 123 Å². The molecule has 0 saturated heterocycles. The average Bonchev–Trinajstić information content (AvgIpc) is 3.00. The summed E-state index contributed by atoms with van der Waals surface area (Å²) in [5.74, 6) is -59.5. The lowest BCUT2D eigenvalue weighted by Gasteiger charge is -2.42. The van der Waals surface area contributed by atoms with Crippen LogP contribution in [-0.4, -0.2) is 127 Å². The van der Waals surface area contributed by atoms with E-state index in [9.17, 15) is 99.5 Å². The van der Waals surface area contributed by atoms with E-state index in [-0.39, 0.29) is 25.8 Å². The van der Waals surface area contributed by atoms with Gasteiger partial charge in [0.1, 0.15) is 12.6 Å². The van der Waals surface area contributed by atoms with Crippen molar-refractivity contribution in [1.29, 1.82) is 0 Å². The van der Waals surface area contributed by atoms with Gasteiger partial charge in [-0.1, -0.05) is 0 Å². The molecule has 0 radical (unpaired) electrons. The molecular formula is C24H32F17N3O6. The first-order chi connectivity index (χ1) is 22.4. The number of aliphatic hydroxyl groups is 3. The molecule has 0 aliphatic heterocycles. The van der Waals surface area contributed by atoms with Gasteiger partial charge in [0.15, 0.2) is 0 Å². The van der Waals surface area contributed by atoms with Crippen molar-refractivity contribution in [3.8, 4) is 0 Å². The summed E-state index contributed by atoms with van der Waals surface area (Å²) in [6.45, 7) is -5.03. The van der Waals surface area contributed by atoms with E-state index in [4.69, 9.17) is 10.5 Å². The SMILES string of the molecule is NCCCC[C@H](NC(=O)COCC(CO)(CO)CO)C(=O)NCCCC(F)(F)C(F)(F)C(F)(F)C(F)(F)C(F)(F)C(F)(F)C(F)(F)C(F)(F)F. The third kappa shape index (κ3) is 9.50. The minimum absolute atomic E-state index is 0.0538. The van der Waals surface area contributed by atoms with Crippen LogP contribution < -0.4 is 16.4 Å². The Morgan fingerprint density at radius 1 is 0.640 bits per heavy atom. The van der Waals surface area contributed by atoms with Crippen molar-refractivity contribution >= 4 is 11.8 Å². The number of halogens is 17. The van der Waals surface area contributed by atoms with Crippen molar-refractivity contribution in [2.75, 3.05) is 46.1 Å². The third-order valence-electron chi connectivity index (χ3n) is 7.00. The predicted octanol–water partition coefficient (Wildman–Crippen LogP) is 3.49. The number of carbonyl (C=O) groups excluding carboxylic acids is 2. The van der Waals surface area contributed by atoms with Gasteiger partial charge in [-0.15, -0.1) is 0 Å². The molecule has 0 aliphatic carbocycles. The summed E-state index contributed by atoms with van der Waals surface area (Å²) in [4.78, 5) is 24.6. The lowest BCUT2D eigenvalue weighted by atomic mass is 9.88. The molecule has 0 aromatic carbocycles. The van der Waals surface area contributed by atoms with E-state index in [1.807, 2.05) is 0 Å². The number of carbonyl (C=O) groups is 2. The van der Waals surface area contributed by atoms with Crippen LogP contribution in [0.25, 0.3) is 0 Å². The number of nitrogens with two attached hydrogens (primary N) is 1. The summed E-state index contributed by atoms with van der Waals surface area (Å²) < 4.78 is 233. The average molecular weight is 782 g/mol. The van der Waals surface area contributed by atoms with Gasteiger partial charge in [-0.05, 0) is 32.2 Å². The van der Waals surface area contributed by atoms with Gasteiger partial charge in [-0.25, -0.2) is 0 Å². The summed E-state index contributed by atoms with van der Waals surface area (Å²) in [6, 6.07) is -1.58. The lowest BCUT2D eigenvalue weighted by Crippen LogP contribution is -2.74. The van der Waals surface area contributed by atoms with Gasteiger partial charge in [0, 0.05) is 13.0 Å². The molecule has 0 fully saturated rings. The standard InChI is InChI=1S/C24H32F17N3O6/c25-17(26,18(27,28)19(29,30)20(31,32)21(33,34)22(35,36)23(37,38)24(39,40)41)5-3-7-43-15(49)13(4-1-2-6-42)44-14(48)8-50-12-16(9-45,10-46)11-47/h13,45-47H,1-12,42H2,(H,43,49)(H,44,48)/t13-/m0/s1. The molecule has 298 valence electrons. The van der Waals surface area contributed by atoms with E-state index >= 15 is 0 Å². The van der Waals surface area contributed by atoms with Gasteiger partial charge in [0.2, 0.25) is 11.8 Å². The molecule has 0 rings (SSSR count). The molecule has 0 bridgehead atoms. The Labute approximate surface area is 270 Å². The van der Waals surface area contributed by atoms with Gasteiger partial charge < -0.3 is 36.4 Å². The first-order valence-corrected chi connectivity index (χ1v) is 13.8. The fourth-order valence-corrected chi connectivity index (χ4v) is 3.64. The second-order valence-corrected chi connectivity index (χ2v) is 10.9. The number of rotatable bonds is 23. The third-order valence-corrected chi connectivity index (χ3v) is 7.00. The second-order valence-electron chi connectivity index (χ2n) is 10.9. The zero-order chi connectivity index (χ0) is 39.8. The maximum Gasteiger partial charge on any atom is 0.460 e. The van der Waals surface area contributed by atoms with E-state index in [1.54, 1.807) is 5.32 Å². The highest BCUT2D eigenvalue weighted by atomic mass is 19.4. The van der Waals surface area contributed by atoms with Gasteiger partial charge in [-0.2, -0.15) is 74.6 Å². The van der Waals surface area contributed by atoms with Crippen molar-refractivity contribution in [3.63, 3.8) is 0 Å². The zero-order valence-corrected chi connectivity index (χ0v) is 25.1. The summed E-state index contributed by atoms with van der Waals surface area (Å²) >= 11 is 0. The van der Waals surface area contributed by atoms with Crippen molar-refractivity contribution in [3.05, 3.63) is 0 Å². The van der Waals surface area contributed by atoms with Crippen LogP contribution in [0.15, 0.2) is 0 Å². The molecule has 0 heterocycles. The Kier molecular flexibility index (Phi) is 16.1. The molecule has 0 aromatic rings. The van der Waals surface area contributed by atoms with Crippen LogP contribution in [-0.2, 0) is 14.3 Å². The minimum Gasteiger partial charge on any atom is -0.396 e. The van der Waals surface area contributed by atoms with Crippen LogP contribution in [0, 0.1) is 5.41 Å². The fourth-order valence-electron chi connectivity index (χ4n) is 3.64. The zero-order valence-electron chi connectivity index (χ0n) is 25.1. The fraction of sp³-hybridized carbons (Fsp3) is 0.917. The number of unbranched alkanes of at least 4 members (excludes halogenated alkanes) is 1. The summed E-state index contributed by atoms with van der Waals surface area (Å²) in [6.07, 6.45) is -12.2. The number of nitrogens with one attached hydrogen (secondary N) is 2. The molecule has 2 amide bonds. The van der Waals surface area contributed by atoms with Gasteiger partial charge in [0.05, 0.1) is 31.8 Å². The van der Waals surface area contributed by atoms with Crippen LogP contribution in [0.3, 0.4) is 0 Å². The first kappa shape index (κ1) is 47.5. The number of ether oxygens (including phenoxy) is 1. The Morgan fingerprint density at radius 2 is 1.08 bits per heavy atom. The quantitative estimate of drug-likeness (QED) is 0.0686. The molecule has 0 saturated carbocycles. The molecule has 26 heteroatoms. The molecule has 50 heavy (non-hydrogen) atoms. The van der Waals surface area contributed by atoms with Crippen molar-refractivity contribution < 1.29 is 104 Å². The first-order valence-electron chi connectivity index (χ1n) is 13.8. The van der Waals surface area contributed by atoms with Crippen LogP contribution in [0.2, 0.25) is 0 Å². The Bertz CT molecular complexity index is 1100. The highest BCUT2D eigenvalue weighted by molar-refractivity contribution is 5.88. The maximum atomic E-state index is 14.1. The summed E-state index contributed by atoms with van der Waals surface area (Å²) in [5, 5.41) is 31.5. The highest BCUT2D eigenvalue weighted by Gasteiger charge is 2.95. The Balaban J connectivity index is 5.78. The van der Waals surface area contributed by atoms with Crippen molar-refractivity contribution in [2.24, 2.45) is 11.1 Å². The van der Waals surface area contributed by atoms with Crippen LogP contribution in [0.1, 0.15) is 32.1 Å². The van der Waals surface area contributed by atoms with Crippen LogP contribution in [0.4, 0.5) is 74.6 Å². The molecular weight excluding hydrogens is 749 g/mol. The monoisotopic (exact) mass is 781 g/mol. The van der Waals surface area contributed by atoms with Crippen LogP contribution >= 0.6 is 0 Å². The number of hydrogen-bond donors (Lipinski definition) is 6. The lowest BCUT2D eigenvalue weighted by molar-refractivity contribution is -0.461. The number of amides is 2. The van der Waals surface area contributed by atoms with Gasteiger partial charge in [0.25, 0.3) is 0 Å². The minimum atomic E-state index is -8.73. The molecule has 0 aromatic heterocycles. The summed E-state index contributed by atoms with van der Waals surface area (Å²) in [5.41, 5.74) is 3.71. The topological polar surface area (TPSA) is 154 Å². The van der Waals surface area contributed by atoms with E-state index in [1.165, 1.54) is 0 Å². The van der Waals surface area contributed by atoms with Gasteiger partial charge in [-0.3, -0.25) is 9.59 Å². The molecule has 9 nitrogen and oxygen atoms in total. The van der Waals surface area contributed by atoms with E-state index in [0.29, 0.717) is 0 Å². The van der Waals surface area contributed by atoms with Crippen molar-refractivity contribution in [2.45, 2.75) is 85.8 Å². The van der Waals surface area contributed by atoms with Crippen LogP contribution in [0.5, 0.6) is 0 Å². The molecule has 1 atom stereocenters. The Morgan fingerprint density at radius 3 is 1.50 bits per heavy atom. The molecule has 7 N–H and O–H groups in total. The largest absolute Gasteiger partial charge is 0.460 e. The highest BCUT2D eigenvalue weighted by Crippen LogP contribution is 2.64. The normalized spacial score (nSPS) is 15.2. The molecule has 0 unspecified atom stereocenters. The van der Waals surface area contributed by atoms with E-state index in [0.717, 1.165) is 0 Å². The van der Waals surface area contributed by atoms with Gasteiger partial charge >= 0.3 is 47.6 Å². The van der Waals surface area contributed by atoms with E-state index in [2.05, 4.69) is 5.32 Å². The summed E-state index contributed by atoms with van der Waals surface area (Å²) in [7, 11) is 0. The second kappa shape index (κ2) is 16.9. The smallest absolute Gasteiger partial charge is 0.396 e. The number of alkyl halides is 17. The maximum absolute atomic E-state index is 14.1. The molecule has 0 spiro atoms.